The highest BCUT2D eigenvalue weighted by atomic mass is 16.7. The molecular formula is C14H18N2O3. The van der Waals surface area contributed by atoms with Gasteiger partial charge in [0.2, 0.25) is 0 Å². The van der Waals surface area contributed by atoms with E-state index in [2.05, 4.69) is 10.5 Å². The first-order valence-corrected chi connectivity index (χ1v) is 6.24. The van der Waals surface area contributed by atoms with Crippen LogP contribution >= 0.6 is 0 Å². The van der Waals surface area contributed by atoms with Gasteiger partial charge in [0, 0.05) is 6.42 Å². The molecule has 0 saturated heterocycles. The first-order valence-electron chi connectivity index (χ1n) is 6.24. The van der Waals surface area contributed by atoms with Crippen LogP contribution in [0.5, 0.6) is 0 Å². The molecule has 0 bridgehead atoms. The van der Waals surface area contributed by atoms with E-state index < -0.39 is 6.09 Å². The lowest BCUT2D eigenvalue weighted by atomic mass is 10.0. The molecule has 1 heterocycles. The number of amides is 1. The molecule has 0 radical (unpaired) electrons. The van der Waals surface area contributed by atoms with E-state index >= 15 is 0 Å². The lowest BCUT2D eigenvalue weighted by Gasteiger charge is -2.13. The van der Waals surface area contributed by atoms with Crippen LogP contribution in [0.4, 0.5) is 4.79 Å². The van der Waals surface area contributed by atoms with Gasteiger partial charge in [-0.3, -0.25) is 0 Å². The molecule has 1 amide bonds. The standard InChI is InChI=1S/C14H18N2O3/c1-14(2)8-12(16-19-14)9-15-13(17)18-10-11-6-4-3-5-7-11/h3-7H,8-10H2,1-2H3,(H,15,17). The summed E-state index contributed by atoms with van der Waals surface area (Å²) in [5, 5.41) is 6.59. The molecule has 5 heteroatoms. The zero-order valence-corrected chi connectivity index (χ0v) is 11.2. The molecule has 1 aliphatic rings. The third-order valence-corrected chi connectivity index (χ3v) is 2.70. The van der Waals surface area contributed by atoms with Crippen molar-refractivity contribution in [3.63, 3.8) is 0 Å². The predicted octanol–water partition coefficient (Wildman–Crippen LogP) is 2.47. The van der Waals surface area contributed by atoms with Crippen LogP contribution < -0.4 is 5.32 Å². The van der Waals surface area contributed by atoms with Gasteiger partial charge in [0.15, 0.2) is 0 Å². The Balaban J connectivity index is 1.68. The molecule has 0 unspecified atom stereocenters. The second-order valence-corrected chi connectivity index (χ2v) is 5.10. The smallest absolute Gasteiger partial charge is 0.407 e. The molecule has 0 atom stereocenters. The highest BCUT2D eigenvalue weighted by molar-refractivity contribution is 5.90. The maximum Gasteiger partial charge on any atom is 0.407 e. The Morgan fingerprint density at radius 2 is 2.16 bits per heavy atom. The zero-order chi connectivity index (χ0) is 13.7. The van der Waals surface area contributed by atoms with Crippen LogP contribution in [0.25, 0.3) is 0 Å². The van der Waals surface area contributed by atoms with Crippen molar-refractivity contribution < 1.29 is 14.4 Å². The van der Waals surface area contributed by atoms with Crippen molar-refractivity contribution in [3.05, 3.63) is 35.9 Å². The van der Waals surface area contributed by atoms with Gasteiger partial charge in [-0.15, -0.1) is 0 Å². The van der Waals surface area contributed by atoms with E-state index in [9.17, 15) is 4.79 Å². The monoisotopic (exact) mass is 262 g/mol. The number of nitrogens with one attached hydrogen (secondary N) is 1. The van der Waals surface area contributed by atoms with Gasteiger partial charge < -0.3 is 14.9 Å². The van der Waals surface area contributed by atoms with E-state index in [0.29, 0.717) is 13.0 Å². The number of carbonyl (C=O) groups excluding carboxylic acids is 1. The number of hydrogen-bond donors (Lipinski definition) is 1. The number of oxime groups is 1. The maximum absolute atomic E-state index is 11.5. The summed E-state index contributed by atoms with van der Waals surface area (Å²) < 4.78 is 5.09. The Morgan fingerprint density at radius 1 is 1.42 bits per heavy atom. The number of ether oxygens (including phenoxy) is 1. The molecule has 0 saturated carbocycles. The third kappa shape index (κ3) is 4.28. The Hall–Kier alpha value is -2.04. The van der Waals surface area contributed by atoms with Gasteiger partial charge in [-0.05, 0) is 19.4 Å². The number of hydrogen-bond acceptors (Lipinski definition) is 4. The van der Waals surface area contributed by atoms with Crippen molar-refractivity contribution in [1.29, 1.82) is 0 Å². The summed E-state index contributed by atoms with van der Waals surface area (Å²) in [5.41, 5.74) is 1.51. The summed E-state index contributed by atoms with van der Waals surface area (Å²) in [6, 6.07) is 9.55. The van der Waals surface area contributed by atoms with Gasteiger partial charge >= 0.3 is 6.09 Å². The molecule has 0 spiro atoms. The Labute approximate surface area is 112 Å². The fraction of sp³-hybridized carbons (Fsp3) is 0.429. The normalized spacial score (nSPS) is 16.4. The highest BCUT2D eigenvalue weighted by Crippen LogP contribution is 2.21. The molecule has 2 rings (SSSR count). The SMILES string of the molecule is CC1(C)CC(CNC(=O)OCc2ccccc2)=NO1. The van der Waals surface area contributed by atoms with Gasteiger partial charge in [-0.25, -0.2) is 4.79 Å². The minimum Gasteiger partial charge on any atom is -0.445 e. The Morgan fingerprint density at radius 3 is 2.79 bits per heavy atom. The van der Waals surface area contributed by atoms with Crippen LogP contribution in [0, 0.1) is 0 Å². The summed E-state index contributed by atoms with van der Waals surface area (Å²) >= 11 is 0. The minimum atomic E-state index is -0.448. The minimum absolute atomic E-state index is 0.265. The van der Waals surface area contributed by atoms with Crippen LogP contribution in [-0.2, 0) is 16.2 Å². The Kier molecular flexibility index (Phi) is 4.04. The highest BCUT2D eigenvalue weighted by Gasteiger charge is 2.28. The second kappa shape index (κ2) is 5.73. The van der Waals surface area contributed by atoms with E-state index in [4.69, 9.17) is 9.57 Å². The molecule has 1 aliphatic heterocycles. The van der Waals surface area contributed by atoms with Crippen LogP contribution in [-0.4, -0.2) is 24.0 Å². The summed E-state index contributed by atoms with van der Waals surface area (Å²) in [5.74, 6) is 0. The fourth-order valence-corrected chi connectivity index (χ4v) is 1.79. The second-order valence-electron chi connectivity index (χ2n) is 5.10. The van der Waals surface area contributed by atoms with Crippen LogP contribution in [0.2, 0.25) is 0 Å². The zero-order valence-electron chi connectivity index (χ0n) is 11.2. The quantitative estimate of drug-likeness (QED) is 0.906. The molecule has 102 valence electrons. The van der Waals surface area contributed by atoms with Crippen molar-refractivity contribution in [2.24, 2.45) is 5.16 Å². The average Bonchev–Trinajstić information content (AvgIpc) is 2.75. The average molecular weight is 262 g/mol. The molecular weight excluding hydrogens is 244 g/mol. The van der Waals surface area contributed by atoms with Gasteiger partial charge in [0.05, 0.1) is 12.3 Å². The molecule has 1 aromatic rings. The summed E-state index contributed by atoms with van der Waals surface area (Å²) in [6.07, 6.45) is 0.266. The molecule has 1 aromatic carbocycles. The molecule has 0 aromatic heterocycles. The van der Waals surface area contributed by atoms with Gasteiger partial charge in [-0.1, -0.05) is 35.5 Å². The van der Waals surface area contributed by atoms with E-state index in [-0.39, 0.29) is 12.2 Å². The largest absolute Gasteiger partial charge is 0.445 e. The van der Waals surface area contributed by atoms with E-state index in [1.54, 1.807) is 0 Å². The number of nitrogens with zero attached hydrogens (tertiary/aromatic N) is 1. The van der Waals surface area contributed by atoms with Crippen LogP contribution in [0.3, 0.4) is 0 Å². The van der Waals surface area contributed by atoms with Gasteiger partial charge in [0.25, 0.3) is 0 Å². The van der Waals surface area contributed by atoms with Crippen LogP contribution in [0.1, 0.15) is 25.8 Å². The number of carbonyl (C=O) groups is 1. The predicted molar refractivity (Wildman–Crippen MR) is 71.8 cm³/mol. The third-order valence-electron chi connectivity index (χ3n) is 2.70. The summed E-state index contributed by atoms with van der Waals surface area (Å²) in [7, 11) is 0. The molecule has 1 N–H and O–H groups in total. The van der Waals surface area contributed by atoms with Gasteiger partial charge in [0.1, 0.15) is 12.2 Å². The fourth-order valence-electron chi connectivity index (χ4n) is 1.79. The summed E-state index contributed by atoms with van der Waals surface area (Å²) in [4.78, 5) is 16.7. The summed E-state index contributed by atoms with van der Waals surface area (Å²) in [6.45, 7) is 4.53. The first-order chi connectivity index (χ1) is 9.05. The van der Waals surface area contributed by atoms with Crippen molar-refractivity contribution >= 4 is 11.8 Å². The number of rotatable bonds is 4. The van der Waals surface area contributed by atoms with E-state index in [0.717, 1.165) is 11.3 Å². The van der Waals surface area contributed by atoms with Gasteiger partial charge in [-0.2, -0.15) is 0 Å². The lowest BCUT2D eigenvalue weighted by Crippen LogP contribution is -2.31. The van der Waals surface area contributed by atoms with E-state index in [1.165, 1.54) is 0 Å². The van der Waals surface area contributed by atoms with E-state index in [1.807, 2.05) is 44.2 Å². The molecule has 19 heavy (non-hydrogen) atoms. The first kappa shape index (κ1) is 13.4. The van der Waals surface area contributed by atoms with Crippen molar-refractivity contribution in [2.45, 2.75) is 32.5 Å². The molecule has 5 nitrogen and oxygen atoms in total. The van der Waals surface area contributed by atoms with Crippen molar-refractivity contribution in [2.75, 3.05) is 6.54 Å². The topological polar surface area (TPSA) is 59.9 Å². The molecule has 0 aliphatic carbocycles. The number of alkyl carbamates (subject to hydrolysis) is 1. The Bertz CT molecular complexity index is 469. The molecule has 0 fully saturated rings. The number of benzene rings is 1. The maximum atomic E-state index is 11.5. The lowest BCUT2D eigenvalue weighted by molar-refractivity contribution is 0.0123. The van der Waals surface area contributed by atoms with Crippen molar-refractivity contribution in [1.82, 2.24) is 5.32 Å². The van der Waals surface area contributed by atoms with Crippen molar-refractivity contribution in [3.8, 4) is 0 Å². The van der Waals surface area contributed by atoms with Crippen LogP contribution in [0.15, 0.2) is 35.5 Å².